The molecule has 4 rings (SSSR count). The lowest BCUT2D eigenvalue weighted by molar-refractivity contribution is -0.136. The van der Waals surface area contributed by atoms with Gasteiger partial charge in [0, 0.05) is 57.8 Å². The quantitative estimate of drug-likeness (QED) is 0.517. The van der Waals surface area contributed by atoms with Gasteiger partial charge in [-0.1, -0.05) is 32.0 Å². The maximum Gasteiger partial charge on any atom is 0.223 e. The highest BCUT2D eigenvalue weighted by molar-refractivity contribution is 6.16. The molecule has 8 heteroatoms. The summed E-state index contributed by atoms with van der Waals surface area (Å²) in [7, 11) is 0. The van der Waals surface area contributed by atoms with Crippen molar-refractivity contribution in [1.82, 2.24) is 9.47 Å². The van der Waals surface area contributed by atoms with Gasteiger partial charge in [0.2, 0.25) is 11.8 Å². The molecule has 0 bridgehead atoms. The molecule has 2 heterocycles. The third-order valence-electron chi connectivity index (χ3n) is 6.46. The van der Waals surface area contributed by atoms with E-state index in [2.05, 4.69) is 14.8 Å². The Morgan fingerprint density at radius 3 is 2.30 bits per heavy atom. The lowest BCUT2D eigenvalue weighted by atomic mass is 9.72. The summed E-state index contributed by atoms with van der Waals surface area (Å²) in [6.07, 6.45) is 2.39. The van der Waals surface area contributed by atoms with Gasteiger partial charge in [0.1, 0.15) is 23.2 Å². The lowest BCUT2D eigenvalue weighted by Gasteiger charge is -2.35. The van der Waals surface area contributed by atoms with E-state index in [1.54, 1.807) is 12.3 Å². The zero-order chi connectivity index (χ0) is 23.6. The second-order valence-corrected chi connectivity index (χ2v) is 9.69. The van der Waals surface area contributed by atoms with Gasteiger partial charge in [-0.25, -0.2) is 4.57 Å². The number of aromatic nitrogens is 1. The summed E-state index contributed by atoms with van der Waals surface area (Å²) in [5.74, 6) is -0.709. The number of nitrogens with zero attached hydrogens (tertiary/aromatic N) is 4. The number of anilines is 1. The summed E-state index contributed by atoms with van der Waals surface area (Å²) in [5, 5.41) is 21.1. The predicted molar refractivity (Wildman–Crippen MR) is 128 cm³/mol. The highest BCUT2D eigenvalue weighted by Gasteiger charge is 2.38. The average molecular weight is 453 g/mol. The monoisotopic (exact) mass is 452 g/mol. The molecule has 0 atom stereocenters. The highest BCUT2D eigenvalue weighted by Crippen LogP contribution is 2.38. The van der Waals surface area contributed by atoms with Gasteiger partial charge in [-0.15, -0.1) is 0 Å². The van der Waals surface area contributed by atoms with Crippen molar-refractivity contribution in [2.45, 2.75) is 26.7 Å². The first-order valence-corrected chi connectivity index (χ1v) is 11.5. The Morgan fingerprint density at radius 2 is 1.67 bits per heavy atom. The summed E-state index contributed by atoms with van der Waals surface area (Å²) >= 11 is 0. The van der Waals surface area contributed by atoms with Crippen molar-refractivity contribution in [2.75, 3.05) is 44.2 Å². The number of hydrogen-bond donors (Lipinski definition) is 2. The molecule has 1 saturated heterocycles. The third kappa shape index (κ3) is 5.11. The zero-order valence-electron chi connectivity index (χ0n) is 19.3. The van der Waals surface area contributed by atoms with Crippen LogP contribution in [0, 0.1) is 11.3 Å². The van der Waals surface area contributed by atoms with Crippen LogP contribution in [0.5, 0.6) is 11.8 Å². The fraction of sp³-hybridized carbons (Fsp3) is 0.480. The number of piperazine rings is 1. The molecule has 8 nitrogen and oxygen atoms in total. The number of rotatable bonds is 6. The van der Waals surface area contributed by atoms with Crippen LogP contribution in [0.25, 0.3) is 5.69 Å². The number of aliphatic imine (C=N–C) groups is 1. The van der Waals surface area contributed by atoms with Gasteiger partial charge in [-0.05, 0) is 17.5 Å². The second kappa shape index (κ2) is 9.39. The van der Waals surface area contributed by atoms with Gasteiger partial charge in [0.25, 0.3) is 0 Å². The molecule has 1 aromatic carbocycles. The minimum atomic E-state index is -0.681. The van der Waals surface area contributed by atoms with Gasteiger partial charge >= 0.3 is 0 Å². The van der Waals surface area contributed by atoms with Gasteiger partial charge in [0.05, 0.1) is 12.2 Å². The minimum absolute atomic E-state index is 0.000612. The van der Waals surface area contributed by atoms with Crippen LogP contribution in [0.15, 0.2) is 41.4 Å². The van der Waals surface area contributed by atoms with Crippen molar-refractivity contribution in [1.29, 1.82) is 0 Å². The van der Waals surface area contributed by atoms with E-state index >= 15 is 0 Å². The van der Waals surface area contributed by atoms with Crippen LogP contribution < -0.4 is 4.90 Å². The van der Waals surface area contributed by atoms with Crippen LogP contribution in [0.3, 0.4) is 0 Å². The standard InChI is InChI=1S/C25H32N4O4/c1-25(2)15-21(30)19(22(31)16-25)17-26-8-9-27-10-12-28(13-11-27)20-14-23(32)29(24(20)33)18-6-4-3-5-7-18/h3-7,14,17,19,32-33H,8-13,15-16H2,1-2H3. The van der Waals surface area contributed by atoms with Gasteiger partial charge < -0.3 is 15.1 Å². The largest absolute Gasteiger partial charge is 0.494 e. The molecule has 1 aromatic heterocycles. The Morgan fingerprint density at radius 1 is 1.03 bits per heavy atom. The highest BCUT2D eigenvalue weighted by atomic mass is 16.3. The SMILES string of the molecule is CC1(C)CC(=O)C(C=NCCN2CCN(c3cc(O)n(-c4ccccc4)c3O)CC2)C(=O)C1. The molecule has 2 aromatic rings. The van der Waals surface area contributed by atoms with Crippen LogP contribution in [-0.4, -0.2) is 76.7 Å². The third-order valence-corrected chi connectivity index (χ3v) is 6.46. The van der Waals surface area contributed by atoms with E-state index in [-0.39, 0.29) is 28.7 Å². The smallest absolute Gasteiger partial charge is 0.223 e. The van der Waals surface area contributed by atoms with E-state index in [0.29, 0.717) is 43.9 Å². The van der Waals surface area contributed by atoms with Crippen LogP contribution in [0.1, 0.15) is 26.7 Å². The fourth-order valence-corrected chi connectivity index (χ4v) is 4.70. The Kier molecular flexibility index (Phi) is 6.56. The van der Waals surface area contributed by atoms with E-state index in [1.807, 2.05) is 44.2 Å². The summed E-state index contributed by atoms with van der Waals surface area (Å²) in [6, 6.07) is 10.9. The summed E-state index contributed by atoms with van der Waals surface area (Å²) in [4.78, 5) is 33.2. The summed E-state index contributed by atoms with van der Waals surface area (Å²) < 4.78 is 1.44. The fourth-order valence-electron chi connectivity index (χ4n) is 4.70. The first-order valence-electron chi connectivity index (χ1n) is 11.5. The van der Waals surface area contributed by atoms with E-state index in [4.69, 9.17) is 0 Å². The molecule has 0 unspecified atom stereocenters. The predicted octanol–water partition coefficient (Wildman–Crippen LogP) is 2.66. The number of aromatic hydroxyl groups is 2. The number of hydrogen-bond acceptors (Lipinski definition) is 7. The Labute approximate surface area is 194 Å². The molecule has 33 heavy (non-hydrogen) atoms. The molecule has 1 saturated carbocycles. The lowest BCUT2D eigenvalue weighted by Crippen LogP contribution is -2.47. The summed E-state index contributed by atoms with van der Waals surface area (Å²) in [5.41, 5.74) is 1.07. The van der Waals surface area contributed by atoms with Crippen LogP contribution >= 0.6 is 0 Å². The van der Waals surface area contributed by atoms with E-state index < -0.39 is 5.92 Å². The number of benzene rings is 1. The van der Waals surface area contributed by atoms with Crippen molar-refractivity contribution < 1.29 is 19.8 Å². The molecular formula is C25H32N4O4. The topological polar surface area (TPSA) is 98.4 Å². The van der Waals surface area contributed by atoms with Crippen molar-refractivity contribution in [3.63, 3.8) is 0 Å². The van der Waals surface area contributed by atoms with E-state index in [9.17, 15) is 19.8 Å². The number of ketones is 2. The molecule has 0 spiro atoms. The molecule has 0 radical (unpaired) electrons. The van der Waals surface area contributed by atoms with E-state index in [1.165, 1.54) is 4.57 Å². The Balaban J connectivity index is 1.28. The molecule has 2 aliphatic rings. The van der Waals surface area contributed by atoms with Gasteiger partial charge in [0.15, 0.2) is 0 Å². The number of carbonyl (C=O) groups is 2. The molecule has 2 fully saturated rings. The van der Waals surface area contributed by atoms with Gasteiger partial charge in [-0.2, -0.15) is 0 Å². The molecule has 0 amide bonds. The van der Waals surface area contributed by atoms with Crippen LogP contribution in [0.2, 0.25) is 0 Å². The molecule has 1 aliphatic carbocycles. The average Bonchev–Trinajstić information content (AvgIpc) is 3.07. The molecule has 1 aliphatic heterocycles. The Bertz CT molecular complexity index is 1020. The maximum absolute atomic E-state index is 12.3. The van der Waals surface area contributed by atoms with Crippen molar-refractivity contribution in [3.8, 4) is 17.4 Å². The number of para-hydroxylation sites is 1. The summed E-state index contributed by atoms with van der Waals surface area (Å²) in [6.45, 7) is 8.20. The maximum atomic E-state index is 12.3. The number of carbonyl (C=O) groups excluding carboxylic acids is 2. The van der Waals surface area contributed by atoms with E-state index in [0.717, 1.165) is 19.6 Å². The second-order valence-electron chi connectivity index (χ2n) is 9.69. The number of Topliss-reactive ketones (excluding diaryl/α,β-unsaturated/α-hetero) is 2. The molecule has 176 valence electrons. The normalized spacial score (nSPS) is 20.1. The molecule has 2 N–H and O–H groups in total. The van der Waals surface area contributed by atoms with Crippen molar-refractivity contribution in [2.24, 2.45) is 16.3 Å². The molecular weight excluding hydrogens is 420 g/mol. The van der Waals surface area contributed by atoms with Crippen LogP contribution in [-0.2, 0) is 9.59 Å². The zero-order valence-corrected chi connectivity index (χ0v) is 19.3. The first-order chi connectivity index (χ1) is 15.7. The van der Waals surface area contributed by atoms with Crippen molar-refractivity contribution in [3.05, 3.63) is 36.4 Å². The van der Waals surface area contributed by atoms with Gasteiger partial charge in [-0.3, -0.25) is 19.5 Å². The Hall–Kier alpha value is -3.13. The first kappa shape index (κ1) is 23.0. The minimum Gasteiger partial charge on any atom is -0.494 e. The van der Waals surface area contributed by atoms with Crippen LogP contribution in [0.4, 0.5) is 5.69 Å². The van der Waals surface area contributed by atoms with Crippen molar-refractivity contribution >= 4 is 23.5 Å².